The molecule has 0 bridgehead atoms. The number of aromatic nitrogens is 3. The highest BCUT2D eigenvalue weighted by atomic mass is 16.5. The number of piperazine rings is 1. The molecule has 33 heavy (non-hydrogen) atoms. The van der Waals surface area contributed by atoms with Crippen LogP contribution in [0, 0.1) is 5.92 Å². The number of aryl methyl sites for hydroxylation is 1. The van der Waals surface area contributed by atoms with E-state index in [-0.39, 0.29) is 5.56 Å². The summed E-state index contributed by atoms with van der Waals surface area (Å²) in [5, 5.41) is 0.593. The molecule has 5 rings (SSSR count). The quantitative estimate of drug-likeness (QED) is 0.593. The van der Waals surface area contributed by atoms with Gasteiger partial charge in [-0.1, -0.05) is 12.1 Å². The third-order valence-electron chi connectivity index (χ3n) is 6.90. The highest BCUT2D eigenvalue weighted by Gasteiger charge is 2.27. The fourth-order valence-electron chi connectivity index (χ4n) is 4.88. The van der Waals surface area contributed by atoms with Crippen molar-refractivity contribution in [1.29, 1.82) is 0 Å². The highest BCUT2D eigenvalue weighted by Crippen LogP contribution is 2.31. The van der Waals surface area contributed by atoms with E-state index in [1.54, 1.807) is 20.5 Å². The van der Waals surface area contributed by atoms with Gasteiger partial charge in [0.25, 0.3) is 5.56 Å². The molecule has 0 saturated carbocycles. The summed E-state index contributed by atoms with van der Waals surface area (Å²) in [6.45, 7) is 6.66. The van der Waals surface area contributed by atoms with Crippen molar-refractivity contribution in [2.45, 2.75) is 6.42 Å². The van der Waals surface area contributed by atoms with Crippen molar-refractivity contribution < 1.29 is 4.74 Å². The molecule has 3 aromatic rings. The smallest absolute Gasteiger partial charge is 0.264 e. The van der Waals surface area contributed by atoms with Gasteiger partial charge in [0.2, 0.25) is 0 Å². The largest absolute Gasteiger partial charge is 0.384 e. The van der Waals surface area contributed by atoms with Crippen molar-refractivity contribution in [1.82, 2.24) is 19.4 Å². The zero-order chi connectivity index (χ0) is 22.9. The van der Waals surface area contributed by atoms with Gasteiger partial charge in [0.15, 0.2) is 0 Å². The van der Waals surface area contributed by atoms with E-state index in [1.165, 1.54) is 10.3 Å². The summed E-state index contributed by atoms with van der Waals surface area (Å²) in [5.74, 6) is 1.18. The van der Waals surface area contributed by atoms with E-state index in [4.69, 9.17) is 9.72 Å². The van der Waals surface area contributed by atoms with Gasteiger partial charge in [0.05, 0.1) is 24.1 Å². The first-order valence-corrected chi connectivity index (χ1v) is 11.7. The SMILES string of the molecule is COCC1CCN(c2nc(-c3ccc(N4CCN(C)CC4)cc3)cc3ncn(C)c(=O)c23)C1. The third-order valence-corrected chi connectivity index (χ3v) is 6.90. The summed E-state index contributed by atoms with van der Waals surface area (Å²) in [5.41, 5.74) is 3.75. The minimum atomic E-state index is -0.0605. The normalized spacial score (nSPS) is 19.5. The zero-order valence-corrected chi connectivity index (χ0v) is 19.7. The van der Waals surface area contributed by atoms with Gasteiger partial charge < -0.3 is 24.0 Å². The molecule has 2 fully saturated rings. The Morgan fingerprint density at radius 3 is 2.52 bits per heavy atom. The van der Waals surface area contributed by atoms with Crippen LogP contribution in [0.15, 0.2) is 41.5 Å². The topological polar surface area (TPSA) is 66.7 Å². The summed E-state index contributed by atoms with van der Waals surface area (Å²) in [6, 6.07) is 10.5. The van der Waals surface area contributed by atoms with E-state index in [9.17, 15) is 4.79 Å². The zero-order valence-electron chi connectivity index (χ0n) is 19.7. The molecule has 0 amide bonds. The number of likely N-dealkylation sites (N-methyl/N-ethyl adjacent to an activating group) is 1. The van der Waals surface area contributed by atoms with Crippen LogP contribution in [-0.2, 0) is 11.8 Å². The lowest BCUT2D eigenvalue weighted by molar-refractivity contribution is 0.161. The first-order chi connectivity index (χ1) is 16.0. The molecule has 8 heteroatoms. The molecule has 0 spiro atoms. The van der Waals surface area contributed by atoms with E-state index in [0.29, 0.717) is 16.8 Å². The minimum absolute atomic E-state index is 0.0605. The molecule has 0 aliphatic carbocycles. The third kappa shape index (κ3) is 4.32. The Morgan fingerprint density at radius 2 is 1.79 bits per heavy atom. The maximum absolute atomic E-state index is 13.0. The number of fused-ring (bicyclic) bond motifs is 1. The van der Waals surface area contributed by atoms with Crippen LogP contribution in [0.2, 0.25) is 0 Å². The number of methoxy groups -OCH3 is 1. The molecular formula is C25H32N6O2. The molecule has 1 aromatic carbocycles. The lowest BCUT2D eigenvalue weighted by Gasteiger charge is -2.34. The first-order valence-electron chi connectivity index (χ1n) is 11.7. The van der Waals surface area contributed by atoms with Gasteiger partial charge in [-0.3, -0.25) is 4.79 Å². The second kappa shape index (κ2) is 9.11. The number of hydrogen-bond donors (Lipinski definition) is 0. The Hall–Kier alpha value is -2.97. The number of rotatable bonds is 5. The second-order valence-corrected chi connectivity index (χ2v) is 9.28. The lowest BCUT2D eigenvalue weighted by atomic mass is 10.1. The van der Waals surface area contributed by atoms with Crippen LogP contribution in [0.3, 0.4) is 0 Å². The predicted molar refractivity (Wildman–Crippen MR) is 132 cm³/mol. The number of anilines is 2. The maximum Gasteiger partial charge on any atom is 0.264 e. The molecule has 2 aliphatic rings. The van der Waals surface area contributed by atoms with Crippen molar-refractivity contribution in [2.24, 2.45) is 13.0 Å². The van der Waals surface area contributed by atoms with Crippen molar-refractivity contribution in [3.63, 3.8) is 0 Å². The van der Waals surface area contributed by atoms with Crippen molar-refractivity contribution in [3.8, 4) is 11.3 Å². The molecule has 0 radical (unpaired) electrons. The lowest BCUT2D eigenvalue weighted by Crippen LogP contribution is -2.44. The number of pyridine rings is 1. The van der Waals surface area contributed by atoms with Gasteiger partial charge in [0.1, 0.15) is 11.2 Å². The van der Waals surface area contributed by atoms with E-state index < -0.39 is 0 Å². The van der Waals surface area contributed by atoms with Crippen LogP contribution in [0.25, 0.3) is 22.2 Å². The molecule has 2 aliphatic heterocycles. The van der Waals surface area contributed by atoms with Gasteiger partial charge in [-0.15, -0.1) is 0 Å². The van der Waals surface area contributed by atoms with E-state index in [0.717, 1.165) is 69.4 Å². The molecule has 4 heterocycles. The average Bonchev–Trinajstić information content (AvgIpc) is 3.30. The highest BCUT2D eigenvalue weighted by molar-refractivity contribution is 5.92. The van der Waals surface area contributed by atoms with E-state index in [2.05, 4.69) is 51.0 Å². The van der Waals surface area contributed by atoms with Crippen molar-refractivity contribution in [2.75, 3.05) is 69.8 Å². The Labute approximate surface area is 194 Å². The molecule has 0 N–H and O–H groups in total. The van der Waals surface area contributed by atoms with E-state index >= 15 is 0 Å². The second-order valence-electron chi connectivity index (χ2n) is 9.28. The first kappa shape index (κ1) is 21.9. The molecular weight excluding hydrogens is 416 g/mol. The molecule has 2 saturated heterocycles. The molecule has 1 unspecified atom stereocenters. The van der Waals surface area contributed by atoms with Gasteiger partial charge in [-0.05, 0) is 31.7 Å². The molecule has 2 aromatic heterocycles. The monoisotopic (exact) mass is 448 g/mol. The van der Waals surface area contributed by atoms with Crippen LogP contribution >= 0.6 is 0 Å². The Balaban J connectivity index is 1.51. The summed E-state index contributed by atoms with van der Waals surface area (Å²) in [4.78, 5) is 29.6. The average molecular weight is 449 g/mol. The van der Waals surface area contributed by atoms with Crippen LogP contribution in [0.1, 0.15) is 6.42 Å². The number of nitrogens with zero attached hydrogens (tertiary/aromatic N) is 6. The Morgan fingerprint density at radius 1 is 1.03 bits per heavy atom. The number of ether oxygens (including phenoxy) is 1. The Kier molecular flexibility index (Phi) is 6.03. The van der Waals surface area contributed by atoms with Gasteiger partial charge in [0, 0.05) is 70.6 Å². The number of benzene rings is 1. The molecule has 1 atom stereocenters. The Bertz CT molecular complexity index is 1180. The van der Waals surface area contributed by atoms with Crippen LogP contribution in [0.5, 0.6) is 0 Å². The number of hydrogen-bond acceptors (Lipinski definition) is 7. The summed E-state index contributed by atoms with van der Waals surface area (Å²) < 4.78 is 6.90. The van der Waals surface area contributed by atoms with Crippen LogP contribution in [0.4, 0.5) is 11.5 Å². The standard InChI is InChI=1S/C25H32N6O2/c1-28-10-12-30(13-11-28)20-6-4-19(5-7-20)21-14-22-23(25(32)29(2)17-26-22)24(27-21)31-9-8-18(15-31)16-33-3/h4-7,14,17-18H,8-13,15-16H2,1-3H3. The van der Waals surface area contributed by atoms with Crippen molar-refractivity contribution >= 4 is 22.4 Å². The van der Waals surface area contributed by atoms with Gasteiger partial charge in [-0.2, -0.15) is 0 Å². The predicted octanol–water partition coefficient (Wildman–Crippen LogP) is 2.22. The summed E-state index contributed by atoms with van der Waals surface area (Å²) in [7, 11) is 5.65. The fourth-order valence-corrected chi connectivity index (χ4v) is 4.88. The van der Waals surface area contributed by atoms with E-state index in [1.807, 2.05) is 6.07 Å². The summed E-state index contributed by atoms with van der Waals surface area (Å²) in [6.07, 6.45) is 2.62. The molecule has 174 valence electrons. The maximum atomic E-state index is 13.0. The molecule has 8 nitrogen and oxygen atoms in total. The van der Waals surface area contributed by atoms with Crippen LogP contribution in [-0.4, -0.2) is 79.5 Å². The van der Waals surface area contributed by atoms with Gasteiger partial charge >= 0.3 is 0 Å². The minimum Gasteiger partial charge on any atom is -0.384 e. The fraction of sp³-hybridized carbons (Fsp3) is 0.480. The van der Waals surface area contributed by atoms with Crippen molar-refractivity contribution in [3.05, 3.63) is 47.0 Å². The summed E-state index contributed by atoms with van der Waals surface area (Å²) >= 11 is 0. The van der Waals surface area contributed by atoms with Gasteiger partial charge in [-0.25, -0.2) is 9.97 Å². The van der Waals surface area contributed by atoms with Crippen LogP contribution < -0.4 is 15.4 Å².